The van der Waals surface area contributed by atoms with E-state index < -0.39 is 22.0 Å². The summed E-state index contributed by atoms with van der Waals surface area (Å²) in [5.41, 5.74) is 0.874. The summed E-state index contributed by atoms with van der Waals surface area (Å²) in [7, 11) is -2.64. The molecule has 0 radical (unpaired) electrons. The monoisotopic (exact) mass is 385 g/mol. The number of sulfonamides is 1. The highest BCUT2D eigenvalue weighted by atomic mass is 32.2. The fourth-order valence-corrected chi connectivity index (χ4v) is 4.85. The maximum absolute atomic E-state index is 13.2. The van der Waals surface area contributed by atoms with Crippen LogP contribution in [0.4, 0.5) is 0 Å². The minimum Gasteiger partial charge on any atom is -0.489 e. The molecule has 26 heavy (non-hydrogen) atoms. The maximum atomic E-state index is 13.2. The average molecular weight is 385 g/mol. The van der Waals surface area contributed by atoms with Gasteiger partial charge in [-0.2, -0.15) is 4.31 Å². The highest BCUT2D eigenvalue weighted by Crippen LogP contribution is 2.33. The second-order valence-electron chi connectivity index (χ2n) is 6.54. The lowest BCUT2D eigenvalue weighted by Gasteiger charge is -2.24. The van der Waals surface area contributed by atoms with Gasteiger partial charge in [-0.05, 0) is 57.2 Å². The van der Waals surface area contributed by atoms with Crippen LogP contribution in [-0.4, -0.2) is 56.2 Å². The zero-order chi connectivity index (χ0) is 19.3. The predicted molar refractivity (Wildman–Crippen MR) is 96.5 cm³/mol. The van der Waals surface area contributed by atoms with E-state index in [1.54, 1.807) is 12.1 Å². The van der Waals surface area contributed by atoms with Crippen LogP contribution in [0.5, 0.6) is 5.75 Å². The third-order valence-corrected chi connectivity index (χ3v) is 6.41. The molecule has 0 aliphatic carbocycles. The molecule has 1 N–H and O–H groups in total. The number of rotatable bonds is 8. The summed E-state index contributed by atoms with van der Waals surface area (Å²) < 4.78 is 38.2. The van der Waals surface area contributed by atoms with Crippen molar-refractivity contribution in [2.75, 3.05) is 20.3 Å². The number of aryl methyl sites for hydroxylation is 1. The van der Waals surface area contributed by atoms with Crippen LogP contribution in [0, 0.1) is 6.92 Å². The molecule has 2 rings (SSSR count). The molecule has 0 saturated carbocycles. The Morgan fingerprint density at radius 2 is 2.15 bits per heavy atom. The molecule has 1 aliphatic rings. The Kier molecular flexibility index (Phi) is 7.02. The highest BCUT2D eigenvalue weighted by molar-refractivity contribution is 7.89. The first-order chi connectivity index (χ1) is 12.3. The van der Waals surface area contributed by atoms with Gasteiger partial charge in [0.05, 0.1) is 13.2 Å². The van der Waals surface area contributed by atoms with Crippen molar-refractivity contribution in [1.29, 1.82) is 0 Å². The van der Waals surface area contributed by atoms with E-state index in [2.05, 4.69) is 0 Å². The number of aliphatic hydroxyl groups excluding tert-OH is 1. The molecule has 1 aromatic carbocycles. The molecule has 0 amide bonds. The predicted octanol–water partition coefficient (Wildman–Crippen LogP) is 1.86. The highest BCUT2D eigenvalue weighted by Gasteiger charge is 2.41. The Morgan fingerprint density at radius 1 is 1.42 bits per heavy atom. The van der Waals surface area contributed by atoms with Gasteiger partial charge in [-0.3, -0.25) is 4.79 Å². The molecule has 0 unspecified atom stereocenters. The minimum absolute atomic E-state index is 0.0507. The first-order valence-corrected chi connectivity index (χ1v) is 10.2. The van der Waals surface area contributed by atoms with Gasteiger partial charge in [0.2, 0.25) is 10.0 Å². The fraction of sp³-hybridized carbons (Fsp3) is 0.611. The number of benzene rings is 1. The lowest BCUT2D eigenvalue weighted by Crippen LogP contribution is -2.41. The standard InChI is InChI=1S/C18H27NO6S/c1-13-8-9-17(16(12-13)25-14(2)6-5-11-20)26(22,23)19-10-4-7-15(19)18(21)24-3/h8-9,12,14-15,20H,4-7,10-11H2,1-3H3/t14-,15+/m1/s1. The second-order valence-corrected chi connectivity index (χ2v) is 8.40. The summed E-state index contributed by atoms with van der Waals surface area (Å²) in [6, 6.07) is 4.11. The fourth-order valence-electron chi connectivity index (χ4n) is 3.10. The van der Waals surface area contributed by atoms with Crippen LogP contribution >= 0.6 is 0 Å². The average Bonchev–Trinajstić information content (AvgIpc) is 3.09. The van der Waals surface area contributed by atoms with Crippen molar-refractivity contribution < 1.29 is 27.8 Å². The SMILES string of the molecule is COC(=O)[C@@H]1CCCN1S(=O)(=O)c1ccc(C)cc1O[C@H](C)CCCO. The summed E-state index contributed by atoms with van der Waals surface area (Å²) in [6.45, 7) is 4.02. The Balaban J connectivity index is 2.35. The molecule has 0 spiro atoms. The van der Waals surface area contributed by atoms with Gasteiger partial charge in [0, 0.05) is 13.2 Å². The molecule has 0 aromatic heterocycles. The van der Waals surface area contributed by atoms with E-state index in [1.807, 2.05) is 13.8 Å². The molecule has 146 valence electrons. The van der Waals surface area contributed by atoms with Gasteiger partial charge in [0.25, 0.3) is 0 Å². The number of esters is 1. The van der Waals surface area contributed by atoms with Crippen LogP contribution in [0.2, 0.25) is 0 Å². The summed E-state index contributed by atoms with van der Waals surface area (Å²) in [4.78, 5) is 12.0. The third-order valence-electron chi connectivity index (χ3n) is 4.46. The van der Waals surface area contributed by atoms with Crippen molar-refractivity contribution in [2.24, 2.45) is 0 Å². The Hall–Kier alpha value is -1.64. The molecule has 2 atom stereocenters. The molecule has 7 nitrogen and oxygen atoms in total. The Labute approximate surface area is 155 Å². The van der Waals surface area contributed by atoms with Gasteiger partial charge >= 0.3 is 5.97 Å². The number of hydrogen-bond acceptors (Lipinski definition) is 6. The minimum atomic E-state index is -3.90. The van der Waals surface area contributed by atoms with Crippen LogP contribution in [0.3, 0.4) is 0 Å². The quantitative estimate of drug-likeness (QED) is 0.687. The van der Waals surface area contributed by atoms with Crippen molar-refractivity contribution in [3.05, 3.63) is 23.8 Å². The molecule has 1 saturated heterocycles. The number of ether oxygens (including phenoxy) is 2. The van der Waals surface area contributed by atoms with E-state index >= 15 is 0 Å². The molecule has 1 aliphatic heterocycles. The van der Waals surface area contributed by atoms with Gasteiger partial charge in [0.15, 0.2) is 0 Å². The van der Waals surface area contributed by atoms with Crippen LogP contribution in [0.1, 0.15) is 38.2 Å². The van der Waals surface area contributed by atoms with E-state index in [-0.39, 0.29) is 29.9 Å². The lowest BCUT2D eigenvalue weighted by atomic mass is 10.2. The molecule has 1 heterocycles. The van der Waals surface area contributed by atoms with Crippen LogP contribution in [0.25, 0.3) is 0 Å². The van der Waals surface area contributed by atoms with E-state index in [9.17, 15) is 13.2 Å². The van der Waals surface area contributed by atoms with Crippen molar-refractivity contribution >= 4 is 16.0 Å². The molecule has 1 fully saturated rings. The molecular formula is C18H27NO6S. The Morgan fingerprint density at radius 3 is 2.81 bits per heavy atom. The van der Waals surface area contributed by atoms with Crippen molar-refractivity contribution in [3.63, 3.8) is 0 Å². The number of carbonyl (C=O) groups is 1. The number of aliphatic hydroxyl groups is 1. The van der Waals surface area contributed by atoms with Crippen molar-refractivity contribution in [3.8, 4) is 5.75 Å². The summed E-state index contributed by atoms with van der Waals surface area (Å²) in [6.07, 6.45) is 1.99. The van der Waals surface area contributed by atoms with E-state index in [4.69, 9.17) is 14.6 Å². The smallest absolute Gasteiger partial charge is 0.324 e. The zero-order valence-electron chi connectivity index (χ0n) is 15.5. The van der Waals surface area contributed by atoms with Crippen LogP contribution in [-0.2, 0) is 19.6 Å². The van der Waals surface area contributed by atoms with Gasteiger partial charge in [-0.1, -0.05) is 6.07 Å². The number of hydrogen-bond donors (Lipinski definition) is 1. The van der Waals surface area contributed by atoms with Crippen molar-refractivity contribution in [1.82, 2.24) is 4.31 Å². The number of nitrogens with zero attached hydrogens (tertiary/aromatic N) is 1. The largest absolute Gasteiger partial charge is 0.489 e. The van der Waals surface area contributed by atoms with Gasteiger partial charge in [-0.25, -0.2) is 8.42 Å². The summed E-state index contributed by atoms with van der Waals surface area (Å²) in [5.74, 6) is -0.275. The third kappa shape index (κ3) is 4.55. The van der Waals surface area contributed by atoms with E-state index in [0.717, 1.165) is 5.56 Å². The number of methoxy groups -OCH3 is 1. The molecule has 8 heteroatoms. The summed E-state index contributed by atoms with van der Waals surface area (Å²) >= 11 is 0. The van der Waals surface area contributed by atoms with Gasteiger partial charge in [0.1, 0.15) is 16.7 Å². The normalized spacial score (nSPS) is 19.3. The maximum Gasteiger partial charge on any atom is 0.324 e. The Bertz CT molecular complexity index is 733. The lowest BCUT2D eigenvalue weighted by molar-refractivity contribution is -0.144. The molecule has 1 aromatic rings. The molecule has 0 bridgehead atoms. The zero-order valence-corrected chi connectivity index (χ0v) is 16.3. The topological polar surface area (TPSA) is 93.1 Å². The van der Waals surface area contributed by atoms with Crippen molar-refractivity contribution in [2.45, 2.75) is 56.6 Å². The van der Waals surface area contributed by atoms with Crippen LogP contribution in [0.15, 0.2) is 23.1 Å². The van der Waals surface area contributed by atoms with Gasteiger partial charge in [-0.15, -0.1) is 0 Å². The summed E-state index contributed by atoms with van der Waals surface area (Å²) in [5, 5.41) is 8.96. The van der Waals surface area contributed by atoms with E-state index in [1.165, 1.54) is 17.5 Å². The van der Waals surface area contributed by atoms with Crippen LogP contribution < -0.4 is 4.74 Å². The van der Waals surface area contributed by atoms with Gasteiger partial charge < -0.3 is 14.6 Å². The first kappa shape index (κ1) is 20.7. The van der Waals surface area contributed by atoms with E-state index in [0.29, 0.717) is 25.7 Å². The first-order valence-electron chi connectivity index (χ1n) is 8.79. The number of carbonyl (C=O) groups excluding carboxylic acids is 1. The molecular weight excluding hydrogens is 358 g/mol. The second kappa shape index (κ2) is 8.83.